The van der Waals surface area contributed by atoms with E-state index in [2.05, 4.69) is 6.92 Å². The Labute approximate surface area is 181 Å². The summed E-state index contributed by atoms with van der Waals surface area (Å²) in [7, 11) is 0. The van der Waals surface area contributed by atoms with Gasteiger partial charge in [-0.1, -0.05) is 43.0 Å². The number of hydrogen-bond donors (Lipinski definition) is 1. The second-order valence-electron chi connectivity index (χ2n) is 5.82. The number of anilines is 1. The standard InChI is InChI=1S/C20H18INO3S2/c1-3-12-5-7-14(8-6-12)22-19(24)17(27-20(22)26)11-13-9-15(21)18(23)16(10-13)25-4-2/h5-11,23H,3-4H2,1-2H3/b17-11-. The lowest BCUT2D eigenvalue weighted by Gasteiger charge is -2.14. The number of aryl methyl sites for hydroxylation is 1. The maximum absolute atomic E-state index is 12.9. The van der Waals surface area contributed by atoms with Crippen LogP contribution in [0.15, 0.2) is 41.3 Å². The first-order chi connectivity index (χ1) is 12.9. The molecule has 1 aliphatic heterocycles. The summed E-state index contributed by atoms with van der Waals surface area (Å²) in [6, 6.07) is 11.4. The fourth-order valence-corrected chi connectivity index (χ4v) is 4.59. The monoisotopic (exact) mass is 511 g/mol. The van der Waals surface area contributed by atoms with Crippen molar-refractivity contribution < 1.29 is 14.6 Å². The molecule has 0 bridgehead atoms. The normalized spacial score (nSPS) is 15.7. The van der Waals surface area contributed by atoms with Crippen molar-refractivity contribution in [1.29, 1.82) is 0 Å². The van der Waals surface area contributed by atoms with Gasteiger partial charge in [-0.3, -0.25) is 9.69 Å². The molecule has 2 aromatic rings. The molecular formula is C20H18INO3S2. The molecule has 0 spiro atoms. The zero-order chi connectivity index (χ0) is 19.6. The van der Waals surface area contributed by atoms with Gasteiger partial charge >= 0.3 is 0 Å². The number of thiocarbonyl (C=S) groups is 1. The second-order valence-corrected chi connectivity index (χ2v) is 8.66. The van der Waals surface area contributed by atoms with E-state index in [0.717, 1.165) is 17.7 Å². The number of halogens is 1. The molecule has 0 saturated carbocycles. The molecule has 0 atom stereocenters. The Morgan fingerprint density at radius 2 is 1.96 bits per heavy atom. The van der Waals surface area contributed by atoms with Gasteiger partial charge in [0.1, 0.15) is 0 Å². The lowest BCUT2D eigenvalue weighted by atomic mass is 10.1. The summed E-state index contributed by atoms with van der Waals surface area (Å²) < 4.78 is 6.64. The minimum Gasteiger partial charge on any atom is -0.504 e. The highest BCUT2D eigenvalue weighted by molar-refractivity contribution is 14.1. The summed E-state index contributed by atoms with van der Waals surface area (Å²) in [4.78, 5) is 15.0. The molecule has 1 fully saturated rings. The van der Waals surface area contributed by atoms with Crippen LogP contribution in [0.3, 0.4) is 0 Å². The lowest BCUT2D eigenvalue weighted by Crippen LogP contribution is -2.27. The Hall–Kier alpha value is -1.58. The Kier molecular flexibility index (Phi) is 6.44. The van der Waals surface area contributed by atoms with Crippen LogP contribution in [0.1, 0.15) is 25.0 Å². The topological polar surface area (TPSA) is 49.8 Å². The Bertz CT molecular complexity index is 926. The number of phenolic OH excluding ortho intramolecular Hbond substituents is 1. The number of aromatic hydroxyl groups is 1. The van der Waals surface area contributed by atoms with Crippen molar-refractivity contribution >= 4 is 68.6 Å². The molecule has 1 amide bonds. The van der Waals surface area contributed by atoms with Crippen LogP contribution in [0.5, 0.6) is 11.5 Å². The maximum Gasteiger partial charge on any atom is 0.270 e. The number of rotatable bonds is 5. The first-order valence-corrected chi connectivity index (χ1v) is 10.8. The highest BCUT2D eigenvalue weighted by atomic mass is 127. The van der Waals surface area contributed by atoms with Crippen LogP contribution in [-0.4, -0.2) is 21.9 Å². The molecule has 7 heteroatoms. The largest absolute Gasteiger partial charge is 0.504 e. The van der Waals surface area contributed by atoms with Crippen LogP contribution >= 0.6 is 46.6 Å². The summed E-state index contributed by atoms with van der Waals surface area (Å²) in [6.45, 7) is 4.39. The SMILES string of the molecule is CCOc1cc(/C=C2\SC(=S)N(c3ccc(CC)cc3)C2=O)cc(I)c1O. The minimum atomic E-state index is -0.143. The van der Waals surface area contributed by atoms with E-state index in [0.29, 0.717) is 25.2 Å². The molecule has 0 radical (unpaired) electrons. The summed E-state index contributed by atoms with van der Waals surface area (Å²) in [6.07, 6.45) is 2.73. The van der Waals surface area contributed by atoms with Gasteiger partial charge in [0.05, 0.1) is 20.8 Å². The number of ether oxygens (including phenoxy) is 1. The van der Waals surface area contributed by atoms with Gasteiger partial charge in [-0.15, -0.1) is 0 Å². The summed E-state index contributed by atoms with van der Waals surface area (Å²) >= 11 is 8.75. The van der Waals surface area contributed by atoms with E-state index in [1.807, 2.05) is 53.8 Å². The van der Waals surface area contributed by atoms with Gasteiger partial charge in [0.2, 0.25) is 0 Å². The summed E-state index contributed by atoms with van der Waals surface area (Å²) in [5.74, 6) is 0.370. The predicted molar refractivity (Wildman–Crippen MR) is 123 cm³/mol. The zero-order valence-corrected chi connectivity index (χ0v) is 18.7. The van der Waals surface area contributed by atoms with Crippen molar-refractivity contribution in [3.8, 4) is 11.5 Å². The second kappa shape index (κ2) is 8.62. The fourth-order valence-electron chi connectivity index (χ4n) is 2.67. The highest BCUT2D eigenvalue weighted by Crippen LogP contribution is 2.38. The summed E-state index contributed by atoms with van der Waals surface area (Å²) in [5.41, 5.74) is 2.76. The van der Waals surface area contributed by atoms with Gasteiger partial charge in [-0.25, -0.2) is 0 Å². The van der Waals surface area contributed by atoms with E-state index in [9.17, 15) is 9.90 Å². The average molecular weight is 511 g/mol. The molecule has 1 aliphatic rings. The van der Waals surface area contributed by atoms with E-state index >= 15 is 0 Å². The predicted octanol–water partition coefficient (Wildman–Crippen LogP) is 5.36. The van der Waals surface area contributed by atoms with Gasteiger partial charge in [-0.2, -0.15) is 0 Å². The van der Waals surface area contributed by atoms with Crippen molar-refractivity contribution in [3.05, 3.63) is 56.0 Å². The van der Waals surface area contributed by atoms with Crippen LogP contribution in [-0.2, 0) is 11.2 Å². The van der Waals surface area contributed by atoms with Crippen molar-refractivity contribution in [2.45, 2.75) is 20.3 Å². The first kappa shape index (κ1) is 20.2. The lowest BCUT2D eigenvalue weighted by molar-refractivity contribution is -0.113. The molecule has 0 unspecified atom stereocenters. The van der Waals surface area contributed by atoms with E-state index < -0.39 is 0 Å². The number of amides is 1. The van der Waals surface area contributed by atoms with Gasteiger partial charge in [0.15, 0.2) is 15.8 Å². The van der Waals surface area contributed by atoms with Crippen LogP contribution < -0.4 is 9.64 Å². The Morgan fingerprint density at radius 3 is 2.59 bits per heavy atom. The molecule has 1 saturated heterocycles. The number of hydrogen-bond acceptors (Lipinski definition) is 5. The molecule has 140 valence electrons. The van der Waals surface area contributed by atoms with Gasteiger partial charge in [-0.05, 0) is 77.4 Å². The molecule has 3 rings (SSSR count). The van der Waals surface area contributed by atoms with Crippen LogP contribution in [0.4, 0.5) is 5.69 Å². The Morgan fingerprint density at radius 1 is 1.26 bits per heavy atom. The van der Waals surface area contributed by atoms with Crippen LogP contribution in [0.25, 0.3) is 6.08 Å². The number of thioether (sulfide) groups is 1. The quantitative estimate of drug-likeness (QED) is 0.333. The van der Waals surface area contributed by atoms with E-state index in [4.69, 9.17) is 17.0 Å². The molecule has 4 nitrogen and oxygen atoms in total. The fraction of sp³-hybridized carbons (Fsp3) is 0.200. The van der Waals surface area contributed by atoms with Crippen molar-refractivity contribution in [2.75, 3.05) is 11.5 Å². The third-order valence-corrected chi connectivity index (χ3v) is 6.17. The molecule has 0 aliphatic carbocycles. The number of carbonyl (C=O) groups is 1. The van der Waals surface area contributed by atoms with E-state index in [1.54, 1.807) is 23.1 Å². The number of phenols is 1. The third-order valence-electron chi connectivity index (χ3n) is 4.04. The highest BCUT2D eigenvalue weighted by Gasteiger charge is 2.33. The number of nitrogens with zero attached hydrogens (tertiary/aromatic N) is 1. The number of benzene rings is 2. The maximum atomic E-state index is 12.9. The molecule has 1 heterocycles. The molecule has 2 aromatic carbocycles. The zero-order valence-electron chi connectivity index (χ0n) is 14.9. The number of carbonyl (C=O) groups excluding carboxylic acids is 1. The minimum absolute atomic E-state index is 0.109. The first-order valence-electron chi connectivity index (χ1n) is 8.46. The average Bonchev–Trinajstić information content (AvgIpc) is 2.93. The van der Waals surface area contributed by atoms with Crippen LogP contribution in [0, 0.1) is 3.57 Å². The van der Waals surface area contributed by atoms with E-state index in [1.165, 1.54) is 17.3 Å². The molecule has 0 aromatic heterocycles. The van der Waals surface area contributed by atoms with Gasteiger partial charge in [0.25, 0.3) is 5.91 Å². The molecule has 1 N–H and O–H groups in total. The van der Waals surface area contributed by atoms with Crippen molar-refractivity contribution in [3.63, 3.8) is 0 Å². The van der Waals surface area contributed by atoms with Crippen molar-refractivity contribution in [1.82, 2.24) is 0 Å². The smallest absolute Gasteiger partial charge is 0.270 e. The van der Waals surface area contributed by atoms with Crippen molar-refractivity contribution in [2.24, 2.45) is 0 Å². The van der Waals surface area contributed by atoms with E-state index in [-0.39, 0.29) is 11.7 Å². The van der Waals surface area contributed by atoms with Gasteiger partial charge < -0.3 is 9.84 Å². The third kappa shape index (κ3) is 4.30. The summed E-state index contributed by atoms with van der Waals surface area (Å²) in [5, 5.41) is 10.1. The van der Waals surface area contributed by atoms with Gasteiger partial charge in [0, 0.05) is 0 Å². The Balaban J connectivity index is 1.92. The molecule has 27 heavy (non-hydrogen) atoms. The molecular weight excluding hydrogens is 493 g/mol. The van der Waals surface area contributed by atoms with Crippen LogP contribution in [0.2, 0.25) is 0 Å².